The number of aromatic nitrogens is 2. The van der Waals surface area contributed by atoms with E-state index in [1.165, 1.54) is 11.0 Å². The summed E-state index contributed by atoms with van der Waals surface area (Å²) in [6, 6.07) is 7.85. The van der Waals surface area contributed by atoms with E-state index in [9.17, 15) is 4.79 Å². The van der Waals surface area contributed by atoms with Crippen molar-refractivity contribution in [2.45, 2.75) is 13.5 Å². The molecular formula is C14H15N3O. The highest BCUT2D eigenvalue weighted by atomic mass is 16.2. The van der Waals surface area contributed by atoms with E-state index in [1.807, 2.05) is 31.2 Å². The quantitative estimate of drug-likeness (QED) is 0.773. The average molecular weight is 241 g/mol. The van der Waals surface area contributed by atoms with Gasteiger partial charge in [-0.2, -0.15) is 0 Å². The summed E-state index contributed by atoms with van der Waals surface area (Å²) in [6.07, 6.45) is 1.29. The van der Waals surface area contributed by atoms with Gasteiger partial charge in [-0.1, -0.05) is 24.8 Å². The van der Waals surface area contributed by atoms with Crippen molar-refractivity contribution < 1.29 is 4.79 Å². The van der Waals surface area contributed by atoms with Crippen LogP contribution in [0.15, 0.2) is 36.9 Å². The molecule has 0 aliphatic heterocycles. The monoisotopic (exact) mass is 241 g/mol. The molecule has 1 aromatic carbocycles. The van der Waals surface area contributed by atoms with Crippen LogP contribution < -0.4 is 0 Å². The second-order valence-electron chi connectivity index (χ2n) is 4.14. The van der Waals surface area contributed by atoms with E-state index in [0.29, 0.717) is 12.4 Å². The number of hydrogen-bond acceptors (Lipinski definition) is 3. The van der Waals surface area contributed by atoms with Crippen LogP contribution in [0.25, 0.3) is 10.9 Å². The molecule has 0 unspecified atom stereocenters. The van der Waals surface area contributed by atoms with Crippen molar-refractivity contribution in [3.05, 3.63) is 48.4 Å². The van der Waals surface area contributed by atoms with Crippen LogP contribution in [0.5, 0.6) is 0 Å². The van der Waals surface area contributed by atoms with Crippen molar-refractivity contribution >= 4 is 16.8 Å². The first kappa shape index (κ1) is 12.2. The first-order valence-electron chi connectivity index (χ1n) is 5.71. The minimum atomic E-state index is -0.135. The molecule has 2 rings (SSSR count). The number of amides is 1. The number of fused-ring (bicyclic) bond motifs is 1. The lowest BCUT2D eigenvalue weighted by Crippen LogP contribution is -2.25. The van der Waals surface area contributed by atoms with Crippen LogP contribution in [0, 0.1) is 6.92 Å². The molecule has 0 saturated carbocycles. The summed E-state index contributed by atoms with van der Waals surface area (Å²) in [5, 5.41) is 1.04. The Morgan fingerprint density at radius 1 is 1.39 bits per heavy atom. The lowest BCUT2D eigenvalue weighted by Gasteiger charge is -2.14. The van der Waals surface area contributed by atoms with Gasteiger partial charge in [0, 0.05) is 18.1 Å². The summed E-state index contributed by atoms with van der Waals surface area (Å²) >= 11 is 0. The largest absolute Gasteiger partial charge is 0.335 e. The Labute approximate surface area is 106 Å². The van der Waals surface area contributed by atoms with Gasteiger partial charge in [0.05, 0.1) is 12.1 Å². The Balaban J connectivity index is 2.35. The SMILES string of the molecule is C=CC(=O)N(C)Cc1nc(C)c2ccccc2n1. The fourth-order valence-corrected chi connectivity index (χ4v) is 1.81. The van der Waals surface area contributed by atoms with Crippen LogP contribution in [0.1, 0.15) is 11.5 Å². The van der Waals surface area contributed by atoms with E-state index >= 15 is 0 Å². The van der Waals surface area contributed by atoms with E-state index in [0.717, 1.165) is 16.6 Å². The molecule has 92 valence electrons. The minimum Gasteiger partial charge on any atom is -0.335 e. The number of likely N-dealkylation sites (N-methyl/N-ethyl adjacent to an activating group) is 1. The van der Waals surface area contributed by atoms with Crippen LogP contribution in [-0.4, -0.2) is 27.8 Å². The Bertz CT molecular complexity index is 607. The molecular weight excluding hydrogens is 226 g/mol. The molecule has 0 radical (unpaired) electrons. The van der Waals surface area contributed by atoms with E-state index in [-0.39, 0.29) is 5.91 Å². The highest BCUT2D eigenvalue weighted by Crippen LogP contribution is 2.15. The third-order valence-electron chi connectivity index (χ3n) is 2.77. The van der Waals surface area contributed by atoms with Crippen molar-refractivity contribution in [3.8, 4) is 0 Å². The zero-order chi connectivity index (χ0) is 13.1. The van der Waals surface area contributed by atoms with Crippen molar-refractivity contribution in [2.75, 3.05) is 7.05 Å². The number of carbonyl (C=O) groups is 1. The lowest BCUT2D eigenvalue weighted by atomic mass is 10.2. The maximum absolute atomic E-state index is 11.4. The van der Waals surface area contributed by atoms with Gasteiger partial charge in [-0.3, -0.25) is 4.79 Å². The zero-order valence-corrected chi connectivity index (χ0v) is 10.6. The maximum atomic E-state index is 11.4. The summed E-state index contributed by atoms with van der Waals surface area (Å²) < 4.78 is 0. The molecule has 1 heterocycles. The number of nitrogens with zero attached hydrogens (tertiary/aromatic N) is 3. The summed E-state index contributed by atoms with van der Waals surface area (Å²) in [6.45, 7) is 5.79. The Hall–Kier alpha value is -2.23. The number of rotatable bonds is 3. The highest BCUT2D eigenvalue weighted by molar-refractivity contribution is 5.86. The molecule has 18 heavy (non-hydrogen) atoms. The van der Waals surface area contributed by atoms with Gasteiger partial charge < -0.3 is 4.90 Å². The zero-order valence-electron chi connectivity index (χ0n) is 10.6. The molecule has 0 bridgehead atoms. The van der Waals surface area contributed by atoms with Crippen molar-refractivity contribution in [3.63, 3.8) is 0 Å². The second-order valence-corrected chi connectivity index (χ2v) is 4.14. The predicted octanol–water partition coefficient (Wildman–Crippen LogP) is 2.08. The Morgan fingerprint density at radius 3 is 2.83 bits per heavy atom. The van der Waals surface area contributed by atoms with Crippen LogP contribution >= 0.6 is 0 Å². The first-order chi connectivity index (χ1) is 8.61. The van der Waals surface area contributed by atoms with Gasteiger partial charge in [0.15, 0.2) is 0 Å². The minimum absolute atomic E-state index is 0.135. The van der Waals surface area contributed by atoms with Gasteiger partial charge in [0.1, 0.15) is 5.82 Å². The smallest absolute Gasteiger partial charge is 0.246 e. The summed E-state index contributed by atoms with van der Waals surface area (Å²) in [5.74, 6) is 0.508. The van der Waals surface area contributed by atoms with Gasteiger partial charge in [0.25, 0.3) is 0 Å². The maximum Gasteiger partial charge on any atom is 0.246 e. The van der Waals surface area contributed by atoms with Gasteiger partial charge in [-0.05, 0) is 19.1 Å². The third-order valence-corrected chi connectivity index (χ3v) is 2.77. The predicted molar refractivity (Wildman–Crippen MR) is 70.9 cm³/mol. The highest BCUT2D eigenvalue weighted by Gasteiger charge is 2.09. The number of benzene rings is 1. The van der Waals surface area contributed by atoms with Crippen LogP contribution in [0.2, 0.25) is 0 Å². The Morgan fingerprint density at radius 2 is 2.11 bits per heavy atom. The third kappa shape index (κ3) is 2.37. The summed E-state index contributed by atoms with van der Waals surface area (Å²) in [4.78, 5) is 21.8. The van der Waals surface area contributed by atoms with Crippen LogP contribution in [0.4, 0.5) is 0 Å². The van der Waals surface area contributed by atoms with Gasteiger partial charge in [-0.15, -0.1) is 0 Å². The van der Waals surface area contributed by atoms with Crippen molar-refractivity contribution in [1.29, 1.82) is 0 Å². The summed E-state index contributed by atoms with van der Waals surface area (Å²) in [7, 11) is 1.71. The number of hydrogen-bond donors (Lipinski definition) is 0. The normalized spacial score (nSPS) is 10.3. The molecule has 4 nitrogen and oxygen atoms in total. The molecule has 0 atom stereocenters. The van der Waals surface area contributed by atoms with Crippen LogP contribution in [-0.2, 0) is 11.3 Å². The molecule has 0 spiro atoms. The van der Waals surface area contributed by atoms with Crippen molar-refractivity contribution in [1.82, 2.24) is 14.9 Å². The fourth-order valence-electron chi connectivity index (χ4n) is 1.81. The molecule has 1 amide bonds. The topological polar surface area (TPSA) is 46.1 Å². The van der Waals surface area contributed by atoms with E-state index in [1.54, 1.807) is 7.05 Å². The molecule has 4 heteroatoms. The molecule has 0 aliphatic rings. The first-order valence-corrected chi connectivity index (χ1v) is 5.71. The molecule has 0 N–H and O–H groups in total. The number of para-hydroxylation sites is 1. The lowest BCUT2D eigenvalue weighted by molar-refractivity contribution is -0.125. The standard InChI is InChI=1S/C14H15N3O/c1-4-14(18)17(3)9-13-15-10(2)11-7-5-6-8-12(11)16-13/h4-8H,1,9H2,2-3H3. The number of carbonyl (C=O) groups excluding carboxylic acids is 1. The van der Waals surface area contributed by atoms with Gasteiger partial charge in [-0.25, -0.2) is 9.97 Å². The second kappa shape index (κ2) is 4.96. The van der Waals surface area contributed by atoms with Gasteiger partial charge in [0.2, 0.25) is 5.91 Å². The van der Waals surface area contributed by atoms with Crippen LogP contribution in [0.3, 0.4) is 0 Å². The van der Waals surface area contributed by atoms with E-state index in [2.05, 4.69) is 16.5 Å². The molecule has 0 fully saturated rings. The average Bonchev–Trinajstić information content (AvgIpc) is 2.37. The fraction of sp³-hybridized carbons (Fsp3) is 0.214. The number of aryl methyl sites for hydroxylation is 1. The molecule has 1 aromatic heterocycles. The van der Waals surface area contributed by atoms with Crippen molar-refractivity contribution in [2.24, 2.45) is 0 Å². The Kier molecular flexibility index (Phi) is 3.37. The summed E-state index contributed by atoms with van der Waals surface area (Å²) in [5.41, 5.74) is 1.83. The van der Waals surface area contributed by atoms with E-state index in [4.69, 9.17) is 0 Å². The molecule has 0 aliphatic carbocycles. The molecule has 0 saturated heterocycles. The van der Waals surface area contributed by atoms with E-state index < -0.39 is 0 Å². The molecule has 2 aromatic rings. The van der Waals surface area contributed by atoms with Gasteiger partial charge >= 0.3 is 0 Å².